The summed E-state index contributed by atoms with van der Waals surface area (Å²) >= 11 is 3.62. The molecule has 0 fully saturated rings. The Labute approximate surface area is 147 Å². The van der Waals surface area contributed by atoms with Crippen molar-refractivity contribution in [2.45, 2.75) is 33.2 Å². The molecule has 0 aliphatic carbocycles. The summed E-state index contributed by atoms with van der Waals surface area (Å²) in [5.74, 6) is 2.07. The van der Waals surface area contributed by atoms with Crippen LogP contribution < -0.4 is 10.6 Å². The second-order valence-electron chi connectivity index (χ2n) is 4.04. The maximum atomic E-state index is 4.56. The van der Waals surface area contributed by atoms with Crippen molar-refractivity contribution in [3.63, 3.8) is 0 Å². The molecule has 20 heavy (non-hydrogen) atoms. The minimum atomic E-state index is 0. The highest BCUT2D eigenvalue weighted by molar-refractivity contribution is 14.0. The second kappa shape index (κ2) is 12.7. The average Bonchev–Trinajstić information content (AvgIpc) is 2.88. The van der Waals surface area contributed by atoms with Crippen LogP contribution in [0.15, 0.2) is 11.2 Å². The van der Waals surface area contributed by atoms with Crippen LogP contribution in [-0.4, -0.2) is 36.0 Å². The Balaban J connectivity index is 0.00000361. The highest BCUT2D eigenvalue weighted by Gasteiger charge is 2.01. The fraction of sp³-hybridized carbons (Fsp3) is 0.692. The van der Waals surface area contributed by atoms with Gasteiger partial charge in [0.05, 0.1) is 6.54 Å². The van der Waals surface area contributed by atoms with Crippen LogP contribution in [-0.2, 0) is 13.0 Å². The minimum Gasteiger partial charge on any atom is -0.357 e. The van der Waals surface area contributed by atoms with Crippen molar-refractivity contribution in [3.05, 3.63) is 16.1 Å². The van der Waals surface area contributed by atoms with Crippen LogP contribution >= 0.6 is 47.1 Å². The van der Waals surface area contributed by atoms with Gasteiger partial charge in [-0.15, -0.1) is 35.3 Å². The topological polar surface area (TPSA) is 49.3 Å². The molecular weight excluding hydrogens is 403 g/mol. The van der Waals surface area contributed by atoms with E-state index in [9.17, 15) is 0 Å². The number of nitrogens with zero attached hydrogens (tertiary/aromatic N) is 2. The molecule has 7 heteroatoms. The average molecular weight is 428 g/mol. The van der Waals surface area contributed by atoms with E-state index < -0.39 is 0 Å². The molecular formula is C13H25IN4S2. The lowest BCUT2D eigenvalue weighted by Gasteiger charge is -2.10. The summed E-state index contributed by atoms with van der Waals surface area (Å²) < 4.78 is 0. The molecule has 0 spiro atoms. The van der Waals surface area contributed by atoms with E-state index in [1.165, 1.54) is 10.6 Å². The van der Waals surface area contributed by atoms with Crippen molar-refractivity contribution < 1.29 is 0 Å². The van der Waals surface area contributed by atoms with Crippen LogP contribution in [0.3, 0.4) is 0 Å². The number of hydrogen-bond donors (Lipinski definition) is 2. The third kappa shape index (κ3) is 8.31. The van der Waals surface area contributed by atoms with Gasteiger partial charge in [-0.2, -0.15) is 11.8 Å². The van der Waals surface area contributed by atoms with Gasteiger partial charge in [-0.3, -0.25) is 0 Å². The number of thiazole rings is 1. The Morgan fingerprint density at radius 2 is 2.20 bits per heavy atom. The SMILES string of the molecule is CCNC(=NCc1ncc(CC)s1)NCCCSC.I. The van der Waals surface area contributed by atoms with E-state index in [2.05, 4.69) is 40.7 Å². The van der Waals surface area contributed by atoms with Crippen LogP contribution in [0.2, 0.25) is 0 Å². The Morgan fingerprint density at radius 1 is 1.40 bits per heavy atom. The van der Waals surface area contributed by atoms with Crippen LogP contribution in [0.4, 0.5) is 0 Å². The molecule has 0 atom stereocenters. The summed E-state index contributed by atoms with van der Waals surface area (Å²) in [6.07, 6.45) is 6.29. The van der Waals surface area contributed by atoms with E-state index in [-0.39, 0.29) is 24.0 Å². The molecule has 1 heterocycles. The number of rotatable bonds is 8. The molecule has 2 N–H and O–H groups in total. The van der Waals surface area contributed by atoms with Crippen molar-refractivity contribution in [1.29, 1.82) is 0 Å². The maximum absolute atomic E-state index is 4.56. The normalized spacial score (nSPS) is 11.1. The Kier molecular flexibility index (Phi) is 12.7. The molecule has 0 saturated heterocycles. The van der Waals surface area contributed by atoms with Gasteiger partial charge in [-0.25, -0.2) is 9.98 Å². The molecule has 0 amide bonds. The van der Waals surface area contributed by atoms with Gasteiger partial charge in [-0.1, -0.05) is 6.92 Å². The summed E-state index contributed by atoms with van der Waals surface area (Å²) in [5, 5.41) is 7.69. The lowest BCUT2D eigenvalue weighted by atomic mass is 10.4. The van der Waals surface area contributed by atoms with Gasteiger partial charge >= 0.3 is 0 Å². The van der Waals surface area contributed by atoms with Crippen molar-refractivity contribution in [2.24, 2.45) is 4.99 Å². The molecule has 1 aromatic heterocycles. The molecule has 0 bridgehead atoms. The van der Waals surface area contributed by atoms with Crippen LogP contribution in [0.5, 0.6) is 0 Å². The lowest BCUT2D eigenvalue weighted by Crippen LogP contribution is -2.37. The fourth-order valence-corrected chi connectivity index (χ4v) is 2.72. The molecule has 116 valence electrons. The first-order valence-corrected chi connectivity index (χ1v) is 8.95. The van der Waals surface area contributed by atoms with Crippen LogP contribution in [0, 0.1) is 0 Å². The van der Waals surface area contributed by atoms with Gasteiger partial charge < -0.3 is 10.6 Å². The highest BCUT2D eigenvalue weighted by atomic mass is 127. The summed E-state index contributed by atoms with van der Waals surface area (Å²) in [5.41, 5.74) is 0. The predicted octanol–water partition coefficient (Wildman–Crippen LogP) is 3.13. The monoisotopic (exact) mass is 428 g/mol. The molecule has 0 radical (unpaired) electrons. The number of aliphatic imine (C=N–C) groups is 1. The molecule has 0 aliphatic heterocycles. The zero-order valence-electron chi connectivity index (χ0n) is 12.4. The van der Waals surface area contributed by atoms with Crippen molar-refractivity contribution in [1.82, 2.24) is 15.6 Å². The van der Waals surface area contributed by atoms with Gasteiger partial charge in [0.1, 0.15) is 5.01 Å². The van der Waals surface area contributed by atoms with Gasteiger partial charge in [0.15, 0.2) is 5.96 Å². The van der Waals surface area contributed by atoms with Crippen LogP contribution in [0.25, 0.3) is 0 Å². The predicted molar refractivity (Wildman–Crippen MR) is 103 cm³/mol. The van der Waals surface area contributed by atoms with Gasteiger partial charge in [0, 0.05) is 24.2 Å². The van der Waals surface area contributed by atoms with E-state index in [0.29, 0.717) is 6.54 Å². The molecule has 1 aromatic rings. The van der Waals surface area contributed by atoms with Crippen molar-refractivity contribution in [3.8, 4) is 0 Å². The molecule has 0 unspecified atom stereocenters. The fourth-order valence-electron chi connectivity index (χ4n) is 1.50. The second-order valence-corrected chi connectivity index (χ2v) is 6.23. The van der Waals surface area contributed by atoms with Crippen molar-refractivity contribution in [2.75, 3.05) is 25.1 Å². The number of nitrogens with one attached hydrogen (secondary N) is 2. The van der Waals surface area contributed by atoms with E-state index >= 15 is 0 Å². The van der Waals surface area contributed by atoms with Gasteiger partial charge in [-0.05, 0) is 31.8 Å². The quantitative estimate of drug-likeness (QED) is 0.289. The largest absolute Gasteiger partial charge is 0.357 e. The highest BCUT2D eigenvalue weighted by Crippen LogP contribution is 2.13. The Morgan fingerprint density at radius 3 is 2.80 bits per heavy atom. The number of aromatic nitrogens is 1. The summed E-state index contributed by atoms with van der Waals surface area (Å²) in [7, 11) is 0. The van der Waals surface area contributed by atoms with Gasteiger partial charge in [0.2, 0.25) is 0 Å². The number of hydrogen-bond acceptors (Lipinski definition) is 4. The third-order valence-corrected chi connectivity index (χ3v) is 4.31. The van der Waals surface area contributed by atoms with Gasteiger partial charge in [0.25, 0.3) is 0 Å². The Bertz CT molecular complexity index is 382. The minimum absolute atomic E-state index is 0. The molecule has 4 nitrogen and oxygen atoms in total. The molecule has 1 rings (SSSR count). The standard InChI is InChI=1S/C13H24N4S2.HI/c1-4-11-9-16-12(19-11)10-17-13(14-5-2)15-7-6-8-18-3;/h9H,4-8,10H2,1-3H3,(H2,14,15,17);1H. The van der Waals surface area contributed by atoms with E-state index in [4.69, 9.17) is 0 Å². The van der Waals surface area contributed by atoms with E-state index in [1.807, 2.05) is 18.0 Å². The zero-order chi connectivity index (χ0) is 13.9. The summed E-state index contributed by atoms with van der Waals surface area (Å²) in [6, 6.07) is 0. The molecule has 0 aliphatic rings. The number of halogens is 1. The molecule has 0 aromatic carbocycles. The number of guanidine groups is 1. The number of thioether (sulfide) groups is 1. The van der Waals surface area contributed by atoms with Crippen molar-refractivity contribution >= 4 is 53.0 Å². The smallest absolute Gasteiger partial charge is 0.191 e. The first kappa shape index (κ1) is 20.0. The van der Waals surface area contributed by atoms with E-state index in [0.717, 1.165) is 36.9 Å². The Hall–Kier alpha value is -0.0200. The zero-order valence-corrected chi connectivity index (χ0v) is 16.4. The lowest BCUT2D eigenvalue weighted by molar-refractivity contribution is 0.789. The number of aryl methyl sites for hydroxylation is 1. The summed E-state index contributed by atoms with van der Waals surface area (Å²) in [4.78, 5) is 10.3. The maximum Gasteiger partial charge on any atom is 0.191 e. The molecule has 0 saturated carbocycles. The first-order chi connectivity index (χ1) is 9.30. The first-order valence-electron chi connectivity index (χ1n) is 6.74. The summed E-state index contributed by atoms with van der Waals surface area (Å²) in [6.45, 7) is 6.73. The van der Waals surface area contributed by atoms with Crippen LogP contribution in [0.1, 0.15) is 30.2 Å². The van der Waals surface area contributed by atoms with E-state index in [1.54, 1.807) is 11.3 Å². The third-order valence-electron chi connectivity index (χ3n) is 2.48.